The molecule has 0 fully saturated rings. The van der Waals surface area contributed by atoms with Crippen LogP contribution >= 0.6 is 0 Å². The summed E-state index contributed by atoms with van der Waals surface area (Å²) < 4.78 is 23.3. The molecule has 1 rings (SSSR count). The Labute approximate surface area is 89.1 Å². The Morgan fingerprint density at radius 3 is 2.27 bits per heavy atom. The van der Waals surface area contributed by atoms with Gasteiger partial charge in [-0.3, -0.25) is 0 Å². The van der Waals surface area contributed by atoms with Crippen molar-refractivity contribution in [1.82, 2.24) is 0 Å². The van der Waals surface area contributed by atoms with Crippen molar-refractivity contribution in [3.05, 3.63) is 30.3 Å². The van der Waals surface area contributed by atoms with Gasteiger partial charge in [0.05, 0.1) is 10.6 Å². The fourth-order valence-electron chi connectivity index (χ4n) is 1.20. The summed E-state index contributed by atoms with van der Waals surface area (Å²) in [7, 11) is -3.28. The highest BCUT2D eigenvalue weighted by Gasteiger charge is 2.13. The molecule has 1 aromatic rings. The van der Waals surface area contributed by atoms with Crippen LogP contribution in [-0.2, 0) is 9.84 Å². The summed E-state index contributed by atoms with van der Waals surface area (Å²) in [4.78, 5) is 0.275. The van der Waals surface area contributed by atoms with Crippen molar-refractivity contribution in [3.8, 4) is 0 Å². The van der Waals surface area contributed by atoms with Crippen LogP contribution in [0.1, 0.15) is 12.8 Å². The molecular weight excluding hydrogens is 216 g/mol. The van der Waals surface area contributed by atoms with Gasteiger partial charge in [0.25, 0.3) is 0 Å². The zero-order chi connectivity index (χ0) is 11.3. The minimum atomic E-state index is -3.28. The van der Waals surface area contributed by atoms with Crippen molar-refractivity contribution < 1.29 is 18.6 Å². The van der Waals surface area contributed by atoms with Crippen molar-refractivity contribution in [2.45, 2.75) is 24.0 Å². The van der Waals surface area contributed by atoms with E-state index < -0.39 is 16.1 Å². The first-order chi connectivity index (χ1) is 7.02. The first kappa shape index (κ1) is 12.2. The maximum Gasteiger partial charge on any atom is 0.178 e. The van der Waals surface area contributed by atoms with Crippen LogP contribution in [0.3, 0.4) is 0 Å². The molecule has 0 aromatic heterocycles. The minimum absolute atomic E-state index is 0.0609. The number of hydrogen-bond donors (Lipinski definition) is 2. The normalized spacial score (nSPS) is 11.9. The van der Waals surface area contributed by atoms with Crippen molar-refractivity contribution in [2.75, 3.05) is 5.75 Å². The number of sulfone groups is 1. The average Bonchev–Trinajstić information content (AvgIpc) is 2.18. The fraction of sp³-hybridized carbons (Fsp3) is 0.400. The van der Waals surface area contributed by atoms with Gasteiger partial charge in [0.1, 0.15) is 0 Å². The van der Waals surface area contributed by atoms with Crippen molar-refractivity contribution in [3.63, 3.8) is 0 Å². The maximum atomic E-state index is 11.7. The second-order valence-electron chi connectivity index (χ2n) is 3.25. The molecule has 0 amide bonds. The Bertz CT molecular complexity index is 383. The van der Waals surface area contributed by atoms with E-state index in [1.165, 1.54) is 12.1 Å². The van der Waals surface area contributed by atoms with E-state index in [0.29, 0.717) is 0 Å². The van der Waals surface area contributed by atoms with Gasteiger partial charge in [-0.05, 0) is 25.0 Å². The molecule has 5 heteroatoms. The van der Waals surface area contributed by atoms with Crippen LogP contribution in [0.4, 0.5) is 0 Å². The van der Waals surface area contributed by atoms with Gasteiger partial charge in [0, 0.05) is 0 Å². The Kier molecular flexibility index (Phi) is 4.26. The lowest BCUT2D eigenvalue weighted by molar-refractivity contribution is -0.0452. The van der Waals surface area contributed by atoms with E-state index in [0.717, 1.165) is 0 Å². The predicted molar refractivity (Wildman–Crippen MR) is 56.0 cm³/mol. The number of rotatable bonds is 5. The summed E-state index contributed by atoms with van der Waals surface area (Å²) in [5.41, 5.74) is 0. The second kappa shape index (κ2) is 5.25. The van der Waals surface area contributed by atoms with Gasteiger partial charge in [0.2, 0.25) is 0 Å². The van der Waals surface area contributed by atoms with Gasteiger partial charge in [0.15, 0.2) is 16.1 Å². The van der Waals surface area contributed by atoms with Gasteiger partial charge >= 0.3 is 0 Å². The van der Waals surface area contributed by atoms with Crippen LogP contribution in [0.5, 0.6) is 0 Å². The minimum Gasteiger partial charge on any atom is -0.368 e. The Balaban J connectivity index is 2.61. The summed E-state index contributed by atoms with van der Waals surface area (Å²) in [6.45, 7) is 0. The molecule has 15 heavy (non-hydrogen) atoms. The molecule has 0 aliphatic rings. The van der Waals surface area contributed by atoms with E-state index in [4.69, 9.17) is 10.2 Å². The first-order valence-corrected chi connectivity index (χ1v) is 6.31. The summed E-state index contributed by atoms with van der Waals surface area (Å²) in [6, 6.07) is 8.13. The lowest BCUT2D eigenvalue weighted by Gasteiger charge is -2.05. The number of benzene rings is 1. The molecule has 0 saturated heterocycles. The molecule has 0 aliphatic heterocycles. The molecule has 0 heterocycles. The molecule has 0 radical (unpaired) electrons. The molecule has 0 spiro atoms. The van der Waals surface area contributed by atoms with Crippen LogP contribution in [0.25, 0.3) is 0 Å². The molecule has 0 atom stereocenters. The summed E-state index contributed by atoms with van der Waals surface area (Å²) in [5.74, 6) is -0.0609. The Morgan fingerprint density at radius 1 is 1.13 bits per heavy atom. The third-order valence-corrected chi connectivity index (χ3v) is 3.79. The van der Waals surface area contributed by atoms with E-state index in [1.807, 2.05) is 0 Å². The lowest BCUT2D eigenvalue weighted by Crippen LogP contribution is -2.10. The van der Waals surface area contributed by atoms with Crippen molar-refractivity contribution in [2.24, 2.45) is 0 Å². The highest BCUT2D eigenvalue weighted by atomic mass is 32.2. The Hall–Kier alpha value is -0.910. The van der Waals surface area contributed by atoms with Crippen LogP contribution < -0.4 is 0 Å². The van der Waals surface area contributed by atoms with E-state index in [9.17, 15) is 8.42 Å². The molecule has 0 unspecified atom stereocenters. The van der Waals surface area contributed by atoms with Crippen LogP contribution in [-0.4, -0.2) is 30.7 Å². The van der Waals surface area contributed by atoms with E-state index in [-0.39, 0.29) is 23.5 Å². The number of aliphatic hydroxyl groups is 2. The zero-order valence-corrected chi connectivity index (χ0v) is 9.02. The summed E-state index contributed by atoms with van der Waals surface area (Å²) in [6.07, 6.45) is -1.11. The molecule has 4 nitrogen and oxygen atoms in total. The van der Waals surface area contributed by atoms with Crippen LogP contribution in [0.15, 0.2) is 35.2 Å². The van der Waals surface area contributed by atoms with E-state index >= 15 is 0 Å². The molecule has 0 aliphatic carbocycles. The molecule has 0 saturated carbocycles. The quantitative estimate of drug-likeness (QED) is 0.724. The molecule has 2 N–H and O–H groups in total. The second-order valence-corrected chi connectivity index (χ2v) is 5.36. The smallest absolute Gasteiger partial charge is 0.178 e. The van der Waals surface area contributed by atoms with E-state index in [2.05, 4.69) is 0 Å². The largest absolute Gasteiger partial charge is 0.368 e. The van der Waals surface area contributed by atoms with Crippen LogP contribution in [0.2, 0.25) is 0 Å². The third-order valence-electron chi connectivity index (χ3n) is 1.98. The van der Waals surface area contributed by atoms with Gasteiger partial charge in [-0.25, -0.2) is 8.42 Å². The van der Waals surface area contributed by atoms with Gasteiger partial charge < -0.3 is 10.2 Å². The molecule has 84 valence electrons. The third kappa shape index (κ3) is 3.99. The molecular formula is C10H14O4S. The van der Waals surface area contributed by atoms with Gasteiger partial charge in [-0.15, -0.1) is 0 Å². The van der Waals surface area contributed by atoms with E-state index in [1.54, 1.807) is 18.2 Å². The Morgan fingerprint density at radius 2 is 1.73 bits per heavy atom. The highest BCUT2D eigenvalue weighted by molar-refractivity contribution is 7.91. The van der Waals surface area contributed by atoms with Gasteiger partial charge in [-0.1, -0.05) is 18.2 Å². The summed E-state index contributed by atoms with van der Waals surface area (Å²) >= 11 is 0. The zero-order valence-electron chi connectivity index (χ0n) is 8.20. The monoisotopic (exact) mass is 230 g/mol. The maximum absolute atomic E-state index is 11.7. The standard InChI is InChI=1S/C10H14O4S/c11-10(12)7-4-8-15(13,14)9-5-2-1-3-6-9/h1-3,5-6,10-12H,4,7-8H2. The lowest BCUT2D eigenvalue weighted by atomic mass is 10.3. The SMILES string of the molecule is O=S(=O)(CCCC(O)O)c1ccccc1. The fourth-order valence-corrected chi connectivity index (χ4v) is 2.56. The van der Waals surface area contributed by atoms with Crippen molar-refractivity contribution >= 4 is 9.84 Å². The number of aliphatic hydroxyl groups excluding tert-OH is 1. The first-order valence-electron chi connectivity index (χ1n) is 4.66. The highest BCUT2D eigenvalue weighted by Crippen LogP contribution is 2.12. The molecule has 0 bridgehead atoms. The molecule has 1 aromatic carbocycles. The number of hydrogen-bond acceptors (Lipinski definition) is 4. The predicted octanol–water partition coefficient (Wildman–Crippen LogP) is 0.551. The average molecular weight is 230 g/mol. The van der Waals surface area contributed by atoms with Crippen molar-refractivity contribution in [1.29, 1.82) is 0 Å². The van der Waals surface area contributed by atoms with Crippen LogP contribution in [0, 0.1) is 0 Å². The van der Waals surface area contributed by atoms with Gasteiger partial charge in [-0.2, -0.15) is 0 Å². The summed E-state index contributed by atoms with van der Waals surface area (Å²) in [5, 5.41) is 17.2. The topological polar surface area (TPSA) is 74.6 Å².